The predicted molar refractivity (Wildman–Crippen MR) is 77.9 cm³/mol. The van der Waals surface area contributed by atoms with Gasteiger partial charge in [0.2, 0.25) is 0 Å². The minimum Gasteiger partial charge on any atom is -0.314 e. The highest BCUT2D eigenvalue weighted by Crippen LogP contribution is 2.26. The molecule has 1 heterocycles. The number of hydrogen-bond acceptors (Lipinski definition) is 3. The van der Waals surface area contributed by atoms with Crippen molar-refractivity contribution in [2.45, 2.75) is 32.2 Å². The van der Waals surface area contributed by atoms with Crippen molar-refractivity contribution >= 4 is 0 Å². The third-order valence-corrected chi connectivity index (χ3v) is 3.86. The van der Waals surface area contributed by atoms with E-state index in [0.717, 1.165) is 26.2 Å². The predicted octanol–water partition coefficient (Wildman–Crippen LogP) is 2.67. The highest BCUT2D eigenvalue weighted by Gasteiger charge is 2.21. The third kappa shape index (κ3) is 3.56. The molecule has 1 N–H and O–H groups in total. The molecule has 2 rings (SSSR count). The fourth-order valence-electron chi connectivity index (χ4n) is 2.64. The van der Waals surface area contributed by atoms with Crippen LogP contribution in [0, 0.1) is 11.3 Å². The maximum absolute atomic E-state index is 9.08. The van der Waals surface area contributed by atoms with Crippen molar-refractivity contribution in [1.82, 2.24) is 10.2 Å². The molecule has 1 aromatic rings. The van der Waals surface area contributed by atoms with E-state index in [0.29, 0.717) is 12.3 Å². The molecule has 0 aromatic heterocycles. The summed E-state index contributed by atoms with van der Waals surface area (Å²) in [5, 5.41) is 12.4. The second-order valence-electron chi connectivity index (χ2n) is 5.49. The lowest BCUT2D eigenvalue weighted by Crippen LogP contribution is -2.45. The maximum atomic E-state index is 9.08. The summed E-state index contributed by atoms with van der Waals surface area (Å²) < 4.78 is 0. The summed E-state index contributed by atoms with van der Waals surface area (Å²) in [6.45, 7) is 8.50. The Bertz CT molecular complexity index is 424. The van der Waals surface area contributed by atoms with Crippen LogP contribution in [0.2, 0.25) is 0 Å². The Morgan fingerprint density at radius 3 is 2.26 bits per heavy atom. The standard InChI is InChI=1S/C16H23N3/c1-13(2)14-3-5-15(6-4-14)16(7-8-17)19-11-9-18-10-12-19/h3-6,13,16,18H,7,9-12H2,1-2H3/t16-/m0/s1. The number of nitrogens with zero attached hydrogens (tertiary/aromatic N) is 2. The summed E-state index contributed by atoms with van der Waals surface area (Å²) in [6.07, 6.45) is 0.570. The van der Waals surface area contributed by atoms with Crippen molar-refractivity contribution < 1.29 is 0 Å². The van der Waals surface area contributed by atoms with Crippen LogP contribution in [0.4, 0.5) is 0 Å². The van der Waals surface area contributed by atoms with E-state index >= 15 is 0 Å². The van der Waals surface area contributed by atoms with Crippen LogP contribution in [0.3, 0.4) is 0 Å². The topological polar surface area (TPSA) is 39.1 Å². The summed E-state index contributed by atoms with van der Waals surface area (Å²) >= 11 is 0. The Labute approximate surface area is 116 Å². The first-order valence-corrected chi connectivity index (χ1v) is 7.14. The number of nitrogens with one attached hydrogen (secondary N) is 1. The first-order valence-electron chi connectivity index (χ1n) is 7.14. The van der Waals surface area contributed by atoms with Gasteiger partial charge in [-0.3, -0.25) is 4.90 Å². The lowest BCUT2D eigenvalue weighted by molar-refractivity contribution is 0.175. The molecule has 0 unspecified atom stereocenters. The van der Waals surface area contributed by atoms with Crippen molar-refractivity contribution in [1.29, 1.82) is 5.26 Å². The van der Waals surface area contributed by atoms with Crippen molar-refractivity contribution in [3.05, 3.63) is 35.4 Å². The maximum Gasteiger partial charge on any atom is 0.0641 e. The molecule has 0 radical (unpaired) electrons. The van der Waals surface area contributed by atoms with Crippen LogP contribution in [0.5, 0.6) is 0 Å². The van der Waals surface area contributed by atoms with Gasteiger partial charge >= 0.3 is 0 Å². The van der Waals surface area contributed by atoms with Crippen LogP contribution >= 0.6 is 0 Å². The van der Waals surface area contributed by atoms with Crippen LogP contribution < -0.4 is 5.32 Å². The third-order valence-electron chi connectivity index (χ3n) is 3.86. The van der Waals surface area contributed by atoms with Crippen molar-refractivity contribution in [2.75, 3.05) is 26.2 Å². The minimum atomic E-state index is 0.244. The zero-order valence-electron chi connectivity index (χ0n) is 11.9. The summed E-state index contributed by atoms with van der Waals surface area (Å²) in [5.41, 5.74) is 2.63. The normalized spacial score (nSPS) is 18.2. The van der Waals surface area contributed by atoms with Crippen LogP contribution in [-0.2, 0) is 0 Å². The average Bonchev–Trinajstić information content (AvgIpc) is 2.46. The molecule has 1 aliphatic rings. The van der Waals surface area contributed by atoms with Gasteiger partial charge in [-0.05, 0) is 17.0 Å². The number of nitriles is 1. The summed E-state index contributed by atoms with van der Waals surface area (Å²) in [7, 11) is 0. The van der Waals surface area contributed by atoms with E-state index in [4.69, 9.17) is 5.26 Å². The molecular formula is C16H23N3. The van der Waals surface area contributed by atoms with E-state index in [-0.39, 0.29) is 6.04 Å². The Kier molecular flexibility index (Phi) is 4.95. The van der Waals surface area contributed by atoms with E-state index in [1.165, 1.54) is 11.1 Å². The van der Waals surface area contributed by atoms with Gasteiger partial charge < -0.3 is 5.32 Å². The van der Waals surface area contributed by atoms with Crippen LogP contribution in [0.25, 0.3) is 0 Å². The molecule has 1 atom stereocenters. The lowest BCUT2D eigenvalue weighted by atomic mass is 9.97. The molecule has 0 aliphatic carbocycles. The fourth-order valence-corrected chi connectivity index (χ4v) is 2.64. The molecule has 0 spiro atoms. The zero-order valence-corrected chi connectivity index (χ0v) is 11.9. The number of hydrogen-bond donors (Lipinski definition) is 1. The van der Waals surface area contributed by atoms with Gasteiger partial charge in [-0.2, -0.15) is 5.26 Å². The number of piperazine rings is 1. The quantitative estimate of drug-likeness (QED) is 0.901. The highest BCUT2D eigenvalue weighted by molar-refractivity contribution is 5.27. The molecule has 3 heteroatoms. The Morgan fingerprint density at radius 2 is 1.74 bits per heavy atom. The number of benzene rings is 1. The molecule has 0 saturated carbocycles. The van der Waals surface area contributed by atoms with Gasteiger partial charge in [0.1, 0.15) is 0 Å². The van der Waals surface area contributed by atoms with Gasteiger partial charge in [-0.1, -0.05) is 38.1 Å². The van der Waals surface area contributed by atoms with Gasteiger partial charge in [0.25, 0.3) is 0 Å². The van der Waals surface area contributed by atoms with Crippen molar-refractivity contribution in [3.63, 3.8) is 0 Å². The van der Waals surface area contributed by atoms with Crippen molar-refractivity contribution in [2.24, 2.45) is 0 Å². The van der Waals surface area contributed by atoms with Crippen LogP contribution in [0.15, 0.2) is 24.3 Å². The van der Waals surface area contributed by atoms with Gasteiger partial charge in [0.15, 0.2) is 0 Å². The van der Waals surface area contributed by atoms with Gasteiger partial charge in [-0.25, -0.2) is 0 Å². The molecule has 0 bridgehead atoms. The summed E-state index contributed by atoms with van der Waals surface area (Å²) in [4.78, 5) is 2.42. The fraction of sp³-hybridized carbons (Fsp3) is 0.562. The molecule has 102 valence electrons. The summed E-state index contributed by atoms with van der Waals surface area (Å²) in [6, 6.07) is 11.4. The SMILES string of the molecule is CC(C)c1ccc([C@H](CC#N)N2CCNCC2)cc1. The second-order valence-corrected chi connectivity index (χ2v) is 5.49. The Morgan fingerprint density at radius 1 is 1.16 bits per heavy atom. The zero-order chi connectivity index (χ0) is 13.7. The lowest BCUT2D eigenvalue weighted by Gasteiger charge is -2.34. The molecule has 1 fully saturated rings. The molecule has 1 aliphatic heterocycles. The monoisotopic (exact) mass is 257 g/mol. The first-order chi connectivity index (χ1) is 9.22. The molecule has 1 saturated heterocycles. The number of rotatable bonds is 4. The Hall–Kier alpha value is -1.37. The smallest absolute Gasteiger partial charge is 0.0641 e. The highest BCUT2D eigenvalue weighted by atomic mass is 15.2. The van der Waals surface area contributed by atoms with Gasteiger partial charge in [0, 0.05) is 32.2 Å². The minimum absolute atomic E-state index is 0.244. The summed E-state index contributed by atoms with van der Waals surface area (Å²) in [5.74, 6) is 0.558. The first kappa shape index (κ1) is 14.0. The van der Waals surface area contributed by atoms with Gasteiger partial charge in [0.05, 0.1) is 12.5 Å². The van der Waals surface area contributed by atoms with Crippen molar-refractivity contribution in [3.8, 4) is 6.07 Å². The van der Waals surface area contributed by atoms with E-state index in [1.54, 1.807) is 0 Å². The molecule has 0 amide bonds. The van der Waals surface area contributed by atoms with Crippen LogP contribution in [0.1, 0.15) is 43.4 Å². The van der Waals surface area contributed by atoms with E-state index in [1.807, 2.05) is 0 Å². The van der Waals surface area contributed by atoms with E-state index < -0.39 is 0 Å². The van der Waals surface area contributed by atoms with E-state index in [9.17, 15) is 0 Å². The molecule has 19 heavy (non-hydrogen) atoms. The second kappa shape index (κ2) is 6.70. The van der Waals surface area contributed by atoms with E-state index in [2.05, 4.69) is 54.4 Å². The largest absolute Gasteiger partial charge is 0.314 e. The molecule has 1 aromatic carbocycles. The average molecular weight is 257 g/mol. The van der Waals surface area contributed by atoms with Crippen LogP contribution in [-0.4, -0.2) is 31.1 Å². The molecule has 3 nitrogen and oxygen atoms in total. The Balaban J connectivity index is 2.16. The molecular weight excluding hydrogens is 234 g/mol. The van der Waals surface area contributed by atoms with Gasteiger partial charge in [-0.15, -0.1) is 0 Å².